The van der Waals surface area contributed by atoms with Crippen LogP contribution in [0.15, 0.2) is 30.9 Å². The fourth-order valence-electron chi connectivity index (χ4n) is 1.60. The lowest BCUT2D eigenvalue weighted by atomic mass is 10.3. The smallest absolute Gasteiger partial charge is 0.315 e. The standard InChI is InChI=1S/C12H15ClN4OS/c1-9(10-2-3-11(13)19-10)16-12(18)15-5-7-17-6-4-14-8-17/h2-4,6,8-9H,5,7H2,1H3,(H2,15,16,18)/t9-/m1/s1. The second kappa shape index (κ2) is 6.58. The Morgan fingerprint density at radius 1 is 1.58 bits per heavy atom. The fraction of sp³-hybridized carbons (Fsp3) is 0.333. The summed E-state index contributed by atoms with van der Waals surface area (Å²) in [5.74, 6) is 0. The van der Waals surface area contributed by atoms with Crippen molar-refractivity contribution in [2.45, 2.75) is 19.5 Å². The van der Waals surface area contributed by atoms with Crippen LogP contribution >= 0.6 is 22.9 Å². The zero-order valence-corrected chi connectivity index (χ0v) is 12.0. The molecule has 0 aromatic carbocycles. The monoisotopic (exact) mass is 298 g/mol. The summed E-state index contributed by atoms with van der Waals surface area (Å²) < 4.78 is 2.63. The van der Waals surface area contributed by atoms with Crippen LogP contribution in [-0.2, 0) is 6.54 Å². The number of nitrogens with zero attached hydrogens (tertiary/aromatic N) is 2. The van der Waals surface area contributed by atoms with Crippen LogP contribution in [0.4, 0.5) is 4.79 Å². The van der Waals surface area contributed by atoms with E-state index in [1.54, 1.807) is 12.5 Å². The molecule has 0 saturated heterocycles. The molecule has 2 N–H and O–H groups in total. The van der Waals surface area contributed by atoms with E-state index < -0.39 is 0 Å². The maximum Gasteiger partial charge on any atom is 0.315 e. The highest BCUT2D eigenvalue weighted by molar-refractivity contribution is 7.16. The normalized spacial score (nSPS) is 12.1. The van der Waals surface area contributed by atoms with Crippen molar-refractivity contribution < 1.29 is 4.79 Å². The molecule has 0 saturated carbocycles. The molecule has 1 atom stereocenters. The molecular weight excluding hydrogens is 284 g/mol. The summed E-state index contributed by atoms with van der Waals surface area (Å²) in [6.07, 6.45) is 5.29. The highest BCUT2D eigenvalue weighted by atomic mass is 35.5. The summed E-state index contributed by atoms with van der Waals surface area (Å²) in [7, 11) is 0. The quantitative estimate of drug-likeness (QED) is 0.891. The molecule has 0 bridgehead atoms. The van der Waals surface area contributed by atoms with E-state index in [1.165, 1.54) is 11.3 Å². The topological polar surface area (TPSA) is 59.0 Å². The molecule has 0 aliphatic rings. The van der Waals surface area contributed by atoms with Gasteiger partial charge in [-0.3, -0.25) is 0 Å². The van der Waals surface area contributed by atoms with Crippen molar-refractivity contribution in [2.75, 3.05) is 6.54 Å². The molecule has 2 aromatic rings. The average Bonchev–Trinajstić information content (AvgIpc) is 3.00. The van der Waals surface area contributed by atoms with Gasteiger partial charge in [0, 0.05) is 30.4 Å². The zero-order valence-electron chi connectivity index (χ0n) is 10.5. The van der Waals surface area contributed by atoms with E-state index in [-0.39, 0.29) is 12.1 Å². The molecule has 2 rings (SSSR count). The molecule has 2 aromatic heterocycles. The number of imidazole rings is 1. The van der Waals surface area contributed by atoms with Crippen molar-refractivity contribution in [3.63, 3.8) is 0 Å². The van der Waals surface area contributed by atoms with Crippen LogP contribution in [0.3, 0.4) is 0 Å². The van der Waals surface area contributed by atoms with Gasteiger partial charge < -0.3 is 15.2 Å². The lowest BCUT2D eigenvalue weighted by Gasteiger charge is -2.13. The third kappa shape index (κ3) is 4.25. The van der Waals surface area contributed by atoms with E-state index in [1.807, 2.05) is 29.8 Å². The summed E-state index contributed by atoms with van der Waals surface area (Å²) >= 11 is 7.33. The molecule has 0 unspecified atom stereocenters. The number of carbonyl (C=O) groups is 1. The van der Waals surface area contributed by atoms with Gasteiger partial charge in [-0.15, -0.1) is 11.3 Å². The predicted molar refractivity (Wildman–Crippen MR) is 76.5 cm³/mol. The molecule has 0 aliphatic carbocycles. The summed E-state index contributed by atoms with van der Waals surface area (Å²) in [4.78, 5) is 16.7. The van der Waals surface area contributed by atoms with Crippen molar-refractivity contribution in [3.05, 3.63) is 40.1 Å². The zero-order chi connectivity index (χ0) is 13.7. The van der Waals surface area contributed by atoms with E-state index in [4.69, 9.17) is 11.6 Å². The van der Waals surface area contributed by atoms with Crippen LogP contribution in [0.5, 0.6) is 0 Å². The second-order valence-corrected chi connectivity index (χ2v) is 5.81. The largest absolute Gasteiger partial charge is 0.336 e. The van der Waals surface area contributed by atoms with E-state index in [0.29, 0.717) is 13.1 Å². The van der Waals surface area contributed by atoms with Crippen LogP contribution in [0.25, 0.3) is 0 Å². The van der Waals surface area contributed by atoms with Crippen molar-refractivity contribution in [1.82, 2.24) is 20.2 Å². The van der Waals surface area contributed by atoms with Crippen molar-refractivity contribution >= 4 is 29.0 Å². The van der Waals surface area contributed by atoms with Crippen LogP contribution in [0.2, 0.25) is 4.34 Å². The van der Waals surface area contributed by atoms with Gasteiger partial charge in [0.1, 0.15) is 0 Å². The molecule has 2 heterocycles. The van der Waals surface area contributed by atoms with Crippen molar-refractivity contribution in [3.8, 4) is 0 Å². The second-order valence-electron chi connectivity index (χ2n) is 4.06. The van der Waals surface area contributed by atoms with Gasteiger partial charge >= 0.3 is 6.03 Å². The van der Waals surface area contributed by atoms with Crippen LogP contribution in [0.1, 0.15) is 17.8 Å². The molecule has 19 heavy (non-hydrogen) atoms. The molecule has 0 radical (unpaired) electrons. The number of hydrogen-bond acceptors (Lipinski definition) is 3. The van der Waals surface area contributed by atoms with Gasteiger partial charge in [-0.1, -0.05) is 11.6 Å². The van der Waals surface area contributed by atoms with Crippen LogP contribution in [0, 0.1) is 0 Å². The summed E-state index contributed by atoms with van der Waals surface area (Å²) in [5, 5.41) is 5.67. The molecule has 0 spiro atoms. The first-order valence-corrected chi connectivity index (χ1v) is 7.10. The van der Waals surface area contributed by atoms with Crippen LogP contribution in [-0.4, -0.2) is 22.1 Å². The predicted octanol–water partition coefficient (Wildman–Crippen LogP) is 2.66. The number of urea groups is 1. The minimum Gasteiger partial charge on any atom is -0.336 e. The SMILES string of the molecule is C[C@@H](NC(=O)NCCn1ccnc1)c1ccc(Cl)s1. The van der Waals surface area contributed by atoms with Gasteiger partial charge in [-0.2, -0.15) is 0 Å². The lowest BCUT2D eigenvalue weighted by molar-refractivity contribution is 0.237. The van der Waals surface area contributed by atoms with E-state index >= 15 is 0 Å². The number of thiophene rings is 1. The average molecular weight is 299 g/mol. The molecule has 7 heteroatoms. The summed E-state index contributed by atoms with van der Waals surface area (Å²) in [5.41, 5.74) is 0. The first-order chi connectivity index (χ1) is 9.15. The van der Waals surface area contributed by atoms with E-state index in [0.717, 1.165) is 9.21 Å². The molecule has 0 aliphatic heterocycles. The highest BCUT2D eigenvalue weighted by Crippen LogP contribution is 2.26. The van der Waals surface area contributed by atoms with Crippen molar-refractivity contribution in [1.29, 1.82) is 0 Å². The third-order valence-corrected chi connectivity index (χ3v) is 4.00. The summed E-state index contributed by atoms with van der Waals surface area (Å²) in [6, 6.07) is 3.52. The molecule has 0 fully saturated rings. The van der Waals surface area contributed by atoms with E-state index in [2.05, 4.69) is 15.6 Å². The maximum atomic E-state index is 11.7. The Labute approximate surface area is 120 Å². The molecule has 2 amide bonds. The van der Waals surface area contributed by atoms with E-state index in [9.17, 15) is 4.79 Å². The van der Waals surface area contributed by atoms with Gasteiger partial charge in [0.2, 0.25) is 0 Å². The Morgan fingerprint density at radius 3 is 3.05 bits per heavy atom. The number of hydrogen-bond donors (Lipinski definition) is 2. The van der Waals surface area contributed by atoms with Gasteiger partial charge in [0.15, 0.2) is 0 Å². The number of nitrogens with one attached hydrogen (secondary N) is 2. The Morgan fingerprint density at radius 2 is 2.42 bits per heavy atom. The highest BCUT2D eigenvalue weighted by Gasteiger charge is 2.10. The summed E-state index contributed by atoms with van der Waals surface area (Å²) in [6.45, 7) is 3.18. The minimum absolute atomic E-state index is 0.0502. The fourth-order valence-corrected chi connectivity index (χ4v) is 2.66. The number of amides is 2. The number of rotatable bonds is 5. The first-order valence-electron chi connectivity index (χ1n) is 5.90. The first kappa shape index (κ1) is 13.9. The number of carbonyl (C=O) groups excluding carboxylic acids is 1. The minimum atomic E-state index is -0.183. The van der Waals surface area contributed by atoms with Crippen molar-refractivity contribution in [2.24, 2.45) is 0 Å². The Bertz CT molecular complexity index is 526. The van der Waals surface area contributed by atoms with Gasteiger partial charge in [0.05, 0.1) is 16.7 Å². The number of aromatic nitrogens is 2. The third-order valence-electron chi connectivity index (χ3n) is 2.58. The molecule has 5 nitrogen and oxygen atoms in total. The maximum absolute atomic E-state index is 11.7. The molecular formula is C12H15ClN4OS. The Kier molecular flexibility index (Phi) is 4.81. The van der Waals surface area contributed by atoms with Crippen LogP contribution < -0.4 is 10.6 Å². The lowest BCUT2D eigenvalue weighted by Crippen LogP contribution is -2.38. The Balaban J connectivity index is 1.72. The molecule has 102 valence electrons. The van der Waals surface area contributed by atoms with Gasteiger partial charge in [-0.25, -0.2) is 9.78 Å². The van der Waals surface area contributed by atoms with Gasteiger partial charge in [0.25, 0.3) is 0 Å². The number of halogens is 1. The van der Waals surface area contributed by atoms with Gasteiger partial charge in [-0.05, 0) is 19.1 Å². The Hall–Kier alpha value is -1.53.